The molecular weight excluding hydrogens is 318 g/mol. The second kappa shape index (κ2) is 6.31. The smallest absolute Gasteiger partial charge is 0.229 e. The van der Waals surface area contributed by atoms with Crippen molar-refractivity contribution in [1.82, 2.24) is 24.4 Å². The molecule has 0 bridgehead atoms. The maximum atomic E-state index is 12.8. The van der Waals surface area contributed by atoms with E-state index in [0.717, 1.165) is 30.7 Å². The fourth-order valence-corrected chi connectivity index (χ4v) is 3.28. The van der Waals surface area contributed by atoms with Gasteiger partial charge < -0.3 is 13.8 Å². The van der Waals surface area contributed by atoms with Gasteiger partial charge in [-0.25, -0.2) is 4.98 Å². The largest absolute Gasteiger partial charge is 0.339 e. The molecule has 0 unspecified atom stereocenters. The van der Waals surface area contributed by atoms with Crippen LogP contribution in [0.25, 0.3) is 5.65 Å². The molecule has 1 amide bonds. The lowest BCUT2D eigenvalue weighted by Crippen LogP contribution is -2.32. The van der Waals surface area contributed by atoms with E-state index in [2.05, 4.69) is 15.1 Å². The Morgan fingerprint density at radius 1 is 1.36 bits per heavy atom. The summed E-state index contributed by atoms with van der Waals surface area (Å²) in [6, 6.07) is 5.71. The number of likely N-dealkylation sites (tertiary alicyclic amines) is 1. The zero-order valence-corrected chi connectivity index (χ0v) is 14.4. The maximum Gasteiger partial charge on any atom is 0.229 e. The number of rotatable bonds is 4. The molecule has 3 aromatic heterocycles. The van der Waals surface area contributed by atoms with Gasteiger partial charge in [-0.2, -0.15) is 4.98 Å². The molecule has 25 heavy (non-hydrogen) atoms. The minimum absolute atomic E-state index is 0.0572. The summed E-state index contributed by atoms with van der Waals surface area (Å²) in [6.07, 6.45) is 5.94. The Morgan fingerprint density at radius 3 is 3.00 bits per heavy atom. The number of carbonyl (C=O) groups excluding carboxylic acids is 1. The quantitative estimate of drug-likeness (QED) is 0.730. The Kier molecular flexibility index (Phi) is 3.99. The van der Waals surface area contributed by atoms with E-state index in [1.54, 1.807) is 0 Å². The summed E-state index contributed by atoms with van der Waals surface area (Å²) in [6.45, 7) is 4.75. The van der Waals surface area contributed by atoms with Crippen molar-refractivity contribution in [2.75, 3.05) is 6.54 Å². The first-order valence-electron chi connectivity index (χ1n) is 8.67. The van der Waals surface area contributed by atoms with E-state index in [0.29, 0.717) is 11.7 Å². The van der Waals surface area contributed by atoms with Crippen LogP contribution in [0.15, 0.2) is 35.1 Å². The van der Waals surface area contributed by atoms with Crippen molar-refractivity contribution in [1.29, 1.82) is 0 Å². The molecule has 4 heterocycles. The highest BCUT2D eigenvalue weighted by atomic mass is 16.5. The number of pyridine rings is 1. The number of imidazole rings is 1. The van der Waals surface area contributed by atoms with Gasteiger partial charge in [0.2, 0.25) is 11.8 Å². The number of hydrogen-bond donors (Lipinski definition) is 0. The van der Waals surface area contributed by atoms with E-state index in [4.69, 9.17) is 4.52 Å². The van der Waals surface area contributed by atoms with E-state index in [-0.39, 0.29) is 24.3 Å². The summed E-state index contributed by atoms with van der Waals surface area (Å²) >= 11 is 0. The molecule has 0 aromatic carbocycles. The lowest BCUT2D eigenvalue weighted by Gasteiger charge is -2.21. The zero-order valence-electron chi connectivity index (χ0n) is 14.4. The van der Waals surface area contributed by atoms with Gasteiger partial charge in [0.1, 0.15) is 5.65 Å². The molecule has 1 atom stereocenters. The third kappa shape index (κ3) is 3.01. The Hall–Kier alpha value is -2.70. The highest BCUT2D eigenvalue weighted by molar-refractivity contribution is 5.79. The van der Waals surface area contributed by atoms with Crippen molar-refractivity contribution in [3.8, 4) is 0 Å². The van der Waals surface area contributed by atoms with Crippen LogP contribution in [0.4, 0.5) is 0 Å². The van der Waals surface area contributed by atoms with Crippen LogP contribution in [0.2, 0.25) is 0 Å². The zero-order chi connectivity index (χ0) is 17.4. The third-order valence-electron chi connectivity index (χ3n) is 4.57. The first-order chi connectivity index (χ1) is 12.1. The molecule has 0 radical (unpaired) electrons. The predicted octanol–water partition coefficient (Wildman–Crippen LogP) is 2.75. The van der Waals surface area contributed by atoms with Gasteiger partial charge in [0, 0.05) is 24.9 Å². The van der Waals surface area contributed by atoms with Crippen molar-refractivity contribution in [3.63, 3.8) is 0 Å². The molecular formula is C18H21N5O2. The van der Waals surface area contributed by atoms with Gasteiger partial charge in [0.05, 0.1) is 18.2 Å². The van der Waals surface area contributed by atoms with Crippen LogP contribution in [-0.4, -0.2) is 36.9 Å². The fraction of sp³-hybridized carbons (Fsp3) is 0.444. The molecule has 0 saturated carbocycles. The minimum atomic E-state index is -0.0965. The van der Waals surface area contributed by atoms with E-state index in [9.17, 15) is 4.79 Å². The topological polar surface area (TPSA) is 76.5 Å². The molecule has 1 aliphatic heterocycles. The van der Waals surface area contributed by atoms with Gasteiger partial charge in [-0.15, -0.1) is 0 Å². The SMILES string of the molecule is CC(C)c1nc([C@@H]2CCCN2C(=O)Cc2cn3ccccc3n2)no1. The van der Waals surface area contributed by atoms with Crippen molar-refractivity contribution < 1.29 is 9.32 Å². The molecule has 1 saturated heterocycles. The summed E-state index contributed by atoms with van der Waals surface area (Å²) in [5, 5.41) is 4.09. The van der Waals surface area contributed by atoms with Crippen LogP contribution in [0.3, 0.4) is 0 Å². The first kappa shape index (κ1) is 15.8. The number of amides is 1. The number of fused-ring (bicyclic) bond motifs is 1. The molecule has 1 fully saturated rings. The van der Waals surface area contributed by atoms with Crippen molar-refractivity contribution in [2.24, 2.45) is 0 Å². The average molecular weight is 339 g/mol. The Labute approximate surface area is 145 Å². The van der Waals surface area contributed by atoms with Gasteiger partial charge in [-0.1, -0.05) is 25.1 Å². The molecule has 7 heteroatoms. The van der Waals surface area contributed by atoms with Crippen LogP contribution in [0.1, 0.15) is 56.1 Å². The van der Waals surface area contributed by atoms with Gasteiger partial charge in [0.15, 0.2) is 5.82 Å². The predicted molar refractivity (Wildman–Crippen MR) is 91.0 cm³/mol. The number of nitrogens with zero attached hydrogens (tertiary/aromatic N) is 5. The normalized spacial score (nSPS) is 17.7. The Bertz CT molecular complexity index is 865. The molecule has 7 nitrogen and oxygen atoms in total. The third-order valence-corrected chi connectivity index (χ3v) is 4.57. The number of hydrogen-bond acceptors (Lipinski definition) is 5. The van der Waals surface area contributed by atoms with Crippen molar-refractivity contribution in [2.45, 2.75) is 45.1 Å². The number of aromatic nitrogens is 4. The number of carbonyl (C=O) groups is 1. The fourth-order valence-electron chi connectivity index (χ4n) is 3.28. The summed E-state index contributed by atoms with van der Waals surface area (Å²) in [7, 11) is 0. The standard InChI is InChI=1S/C18H21N5O2/c1-12(2)18-20-17(21-25-18)14-6-5-9-23(14)16(24)10-13-11-22-8-4-3-7-15(22)19-13/h3-4,7-8,11-12,14H,5-6,9-10H2,1-2H3/t14-/m0/s1. The monoisotopic (exact) mass is 339 g/mol. The van der Waals surface area contributed by atoms with E-state index in [1.165, 1.54) is 0 Å². The molecule has 0 N–H and O–H groups in total. The van der Waals surface area contributed by atoms with Gasteiger partial charge >= 0.3 is 0 Å². The molecule has 130 valence electrons. The van der Waals surface area contributed by atoms with Gasteiger partial charge in [-0.3, -0.25) is 4.79 Å². The van der Waals surface area contributed by atoms with Crippen LogP contribution in [0.5, 0.6) is 0 Å². The molecule has 0 spiro atoms. The Morgan fingerprint density at radius 2 is 2.24 bits per heavy atom. The van der Waals surface area contributed by atoms with Crippen LogP contribution in [-0.2, 0) is 11.2 Å². The van der Waals surface area contributed by atoms with Crippen molar-refractivity contribution in [3.05, 3.63) is 48.0 Å². The minimum Gasteiger partial charge on any atom is -0.339 e. The second-order valence-electron chi connectivity index (χ2n) is 6.77. The molecule has 3 aromatic rings. The van der Waals surface area contributed by atoms with Crippen LogP contribution >= 0.6 is 0 Å². The van der Waals surface area contributed by atoms with Gasteiger partial charge in [0.25, 0.3) is 0 Å². The Balaban J connectivity index is 1.51. The lowest BCUT2D eigenvalue weighted by atomic mass is 10.2. The second-order valence-corrected chi connectivity index (χ2v) is 6.77. The molecule has 1 aliphatic rings. The van der Waals surface area contributed by atoms with Crippen LogP contribution < -0.4 is 0 Å². The molecule has 4 rings (SSSR count). The highest BCUT2D eigenvalue weighted by Crippen LogP contribution is 2.31. The van der Waals surface area contributed by atoms with E-state index in [1.807, 2.05) is 53.7 Å². The van der Waals surface area contributed by atoms with E-state index < -0.39 is 0 Å². The summed E-state index contributed by atoms with van der Waals surface area (Å²) < 4.78 is 7.24. The maximum absolute atomic E-state index is 12.8. The summed E-state index contributed by atoms with van der Waals surface area (Å²) in [5.41, 5.74) is 1.63. The van der Waals surface area contributed by atoms with Crippen molar-refractivity contribution >= 4 is 11.6 Å². The summed E-state index contributed by atoms with van der Waals surface area (Å²) in [4.78, 5) is 23.7. The summed E-state index contributed by atoms with van der Waals surface area (Å²) in [5.74, 6) is 1.48. The van der Waals surface area contributed by atoms with Gasteiger partial charge in [-0.05, 0) is 25.0 Å². The molecule has 0 aliphatic carbocycles. The van der Waals surface area contributed by atoms with Crippen LogP contribution in [0, 0.1) is 0 Å². The van der Waals surface area contributed by atoms with E-state index >= 15 is 0 Å². The first-order valence-corrected chi connectivity index (χ1v) is 8.67. The highest BCUT2D eigenvalue weighted by Gasteiger charge is 2.33. The lowest BCUT2D eigenvalue weighted by molar-refractivity contribution is -0.131. The average Bonchev–Trinajstić information content (AvgIpc) is 3.32.